The summed E-state index contributed by atoms with van der Waals surface area (Å²) in [7, 11) is 0. The molecule has 0 aromatic heterocycles. The van der Waals surface area contributed by atoms with Gasteiger partial charge in [0.05, 0.1) is 6.61 Å². The molecule has 0 aliphatic carbocycles. The minimum absolute atomic E-state index is 0.0430. The predicted octanol–water partition coefficient (Wildman–Crippen LogP) is 5.36. The molecular formula is C20H24O2. The van der Waals surface area contributed by atoms with Gasteiger partial charge in [-0.1, -0.05) is 52.8 Å². The maximum absolute atomic E-state index is 9.71. The number of hydrogen-bond acceptors (Lipinski definition) is 2. The molecule has 0 spiro atoms. The third-order valence-electron chi connectivity index (χ3n) is 4.32. The Morgan fingerprint density at radius 1 is 1.00 bits per heavy atom. The molecule has 0 fully saturated rings. The Morgan fingerprint density at radius 3 is 2.36 bits per heavy atom. The fourth-order valence-electron chi connectivity index (χ4n) is 3.66. The normalized spacial score (nSPS) is 17.9. The number of phenolic OH excluding ortho intramolecular Hbond substituents is 1. The van der Waals surface area contributed by atoms with Crippen molar-refractivity contribution in [3.05, 3.63) is 47.5 Å². The van der Waals surface area contributed by atoms with Crippen molar-refractivity contribution in [2.45, 2.75) is 34.6 Å². The summed E-state index contributed by atoms with van der Waals surface area (Å²) in [5.74, 6) is 1.30. The molecule has 3 rings (SSSR count). The molecule has 1 N–H and O–H groups in total. The van der Waals surface area contributed by atoms with Gasteiger partial charge in [-0.15, -0.1) is 0 Å². The van der Waals surface area contributed by atoms with Crippen LogP contribution in [0.25, 0.3) is 16.5 Å². The van der Waals surface area contributed by atoms with E-state index in [4.69, 9.17) is 4.74 Å². The van der Waals surface area contributed by atoms with Crippen LogP contribution in [0.1, 0.15) is 40.2 Å². The second kappa shape index (κ2) is 4.77. The molecule has 1 aliphatic heterocycles. The smallest absolute Gasteiger partial charge is 0.126 e. The molecule has 2 aromatic rings. The minimum Gasteiger partial charge on any atom is -0.508 e. The summed E-state index contributed by atoms with van der Waals surface area (Å²) in [6, 6.07) is 11.8. The minimum atomic E-state index is 0.0430. The summed E-state index contributed by atoms with van der Waals surface area (Å²) >= 11 is 0. The van der Waals surface area contributed by atoms with E-state index in [2.05, 4.69) is 52.8 Å². The van der Waals surface area contributed by atoms with Crippen molar-refractivity contribution >= 4 is 16.5 Å². The zero-order valence-electron chi connectivity index (χ0n) is 14.0. The number of fused-ring (bicyclic) bond motifs is 1. The topological polar surface area (TPSA) is 29.5 Å². The van der Waals surface area contributed by atoms with Gasteiger partial charge in [-0.05, 0) is 40.0 Å². The average molecular weight is 296 g/mol. The van der Waals surface area contributed by atoms with Crippen LogP contribution in [0.2, 0.25) is 0 Å². The zero-order valence-corrected chi connectivity index (χ0v) is 14.0. The van der Waals surface area contributed by atoms with Gasteiger partial charge in [0.2, 0.25) is 0 Å². The molecule has 0 saturated carbocycles. The van der Waals surface area contributed by atoms with E-state index in [0.29, 0.717) is 12.4 Å². The molecule has 1 aliphatic rings. The molecule has 0 amide bonds. The lowest BCUT2D eigenvalue weighted by atomic mass is 9.71. The molecule has 0 bridgehead atoms. The molecule has 0 saturated heterocycles. The summed E-state index contributed by atoms with van der Waals surface area (Å²) < 4.78 is 6.09. The van der Waals surface area contributed by atoms with Crippen LogP contribution in [0.4, 0.5) is 0 Å². The van der Waals surface area contributed by atoms with Crippen LogP contribution in [0, 0.1) is 10.8 Å². The summed E-state index contributed by atoms with van der Waals surface area (Å²) in [6.07, 6.45) is 0. The Bertz CT molecular complexity index is 761. The van der Waals surface area contributed by atoms with Gasteiger partial charge in [-0.25, -0.2) is 0 Å². The lowest BCUT2D eigenvalue weighted by molar-refractivity contribution is 0.213. The summed E-state index contributed by atoms with van der Waals surface area (Å²) in [4.78, 5) is 0. The number of hydrogen-bond donors (Lipinski definition) is 1. The van der Waals surface area contributed by atoms with Crippen molar-refractivity contribution in [1.82, 2.24) is 0 Å². The SMILES string of the molecule is CC(C)(C)C1=C(c2ccc3ccc(O)cc3c2)OCC1(C)C. The number of aromatic hydroxyl groups is 1. The van der Waals surface area contributed by atoms with E-state index in [1.165, 1.54) is 5.57 Å². The van der Waals surface area contributed by atoms with Gasteiger partial charge >= 0.3 is 0 Å². The third-order valence-corrected chi connectivity index (χ3v) is 4.32. The summed E-state index contributed by atoms with van der Waals surface area (Å²) in [6.45, 7) is 11.9. The van der Waals surface area contributed by atoms with Crippen LogP contribution in [-0.4, -0.2) is 11.7 Å². The molecule has 0 unspecified atom stereocenters. The first kappa shape index (κ1) is 15.0. The Balaban J connectivity index is 2.21. The molecule has 2 nitrogen and oxygen atoms in total. The largest absolute Gasteiger partial charge is 0.508 e. The molecule has 0 atom stereocenters. The highest BCUT2D eigenvalue weighted by Gasteiger charge is 2.41. The van der Waals surface area contributed by atoms with Crippen LogP contribution in [0.15, 0.2) is 42.0 Å². The molecular weight excluding hydrogens is 272 g/mol. The standard InChI is InChI=1S/C20H24O2/c1-19(2,3)18-17(22-12-20(18,4)5)14-7-6-13-8-9-16(21)11-15(13)10-14/h6-11,21H,12H2,1-5H3. The first-order valence-corrected chi connectivity index (χ1v) is 7.80. The van der Waals surface area contributed by atoms with Crippen molar-refractivity contribution < 1.29 is 9.84 Å². The second-order valence-electron chi connectivity index (χ2n) is 7.87. The van der Waals surface area contributed by atoms with Gasteiger partial charge in [0.25, 0.3) is 0 Å². The van der Waals surface area contributed by atoms with Crippen LogP contribution in [-0.2, 0) is 4.74 Å². The van der Waals surface area contributed by atoms with Crippen molar-refractivity contribution in [1.29, 1.82) is 0 Å². The van der Waals surface area contributed by atoms with Gasteiger partial charge in [-0.3, -0.25) is 0 Å². The Kier molecular flexibility index (Phi) is 3.24. The lowest BCUT2D eigenvalue weighted by Gasteiger charge is -2.30. The van der Waals surface area contributed by atoms with E-state index < -0.39 is 0 Å². The summed E-state index contributed by atoms with van der Waals surface area (Å²) in [5.41, 5.74) is 2.55. The van der Waals surface area contributed by atoms with Gasteiger partial charge < -0.3 is 9.84 Å². The monoisotopic (exact) mass is 296 g/mol. The van der Waals surface area contributed by atoms with Gasteiger partial charge in [-0.2, -0.15) is 0 Å². The molecule has 1 heterocycles. The first-order chi connectivity index (χ1) is 10.2. The maximum atomic E-state index is 9.71. The average Bonchev–Trinajstić information content (AvgIpc) is 2.73. The third kappa shape index (κ3) is 2.47. The Labute approximate surface area is 132 Å². The van der Waals surface area contributed by atoms with Crippen LogP contribution in [0.5, 0.6) is 5.75 Å². The van der Waals surface area contributed by atoms with Gasteiger partial charge in [0, 0.05) is 11.0 Å². The molecule has 2 heteroatoms. The second-order valence-corrected chi connectivity index (χ2v) is 7.87. The first-order valence-electron chi connectivity index (χ1n) is 7.80. The van der Waals surface area contributed by atoms with Crippen molar-refractivity contribution in [2.24, 2.45) is 10.8 Å². The molecule has 22 heavy (non-hydrogen) atoms. The van der Waals surface area contributed by atoms with Gasteiger partial charge in [0.15, 0.2) is 0 Å². The number of benzene rings is 2. The quantitative estimate of drug-likeness (QED) is 0.767. The molecule has 2 aromatic carbocycles. The van der Waals surface area contributed by atoms with Crippen molar-refractivity contribution in [3.63, 3.8) is 0 Å². The molecule has 116 valence electrons. The fraction of sp³-hybridized carbons (Fsp3) is 0.400. The Hall–Kier alpha value is -1.96. The van der Waals surface area contributed by atoms with Gasteiger partial charge in [0.1, 0.15) is 11.5 Å². The maximum Gasteiger partial charge on any atom is 0.126 e. The van der Waals surface area contributed by atoms with Crippen LogP contribution < -0.4 is 0 Å². The Morgan fingerprint density at radius 2 is 1.68 bits per heavy atom. The van der Waals surface area contributed by atoms with Crippen molar-refractivity contribution in [2.75, 3.05) is 6.61 Å². The van der Waals surface area contributed by atoms with E-state index in [1.54, 1.807) is 12.1 Å². The highest BCUT2D eigenvalue weighted by molar-refractivity contribution is 5.87. The number of rotatable bonds is 1. The highest BCUT2D eigenvalue weighted by atomic mass is 16.5. The lowest BCUT2D eigenvalue weighted by Crippen LogP contribution is -2.24. The molecule has 0 radical (unpaired) electrons. The number of phenols is 1. The van der Waals surface area contributed by atoms with Crippen LogP contribution >= 0.6 is 0 Å². The van der Waals surface area contributed by atoms with E-state index in [9.17, 15) is 5.11 Å². The van der Waals surface area contributed by atoms with E-state index in [1.807, 2.05) is 6.07 Å². The van der Waals surface area contributed by atoms with E-state index in [-0.39, 0.29) is 10.8 Å². The zero-order chi connectivity index (χ0) is 16.1. The summed E-state index contributed by atoms with van der Waals surface area (Å²) in [5, 5.41) is 11.9. The predicted molar refractivity (Wildman–Crippen MR) is 91.7 cm³/mol. The fourth-order valence-corrected chi connectivity index (χ4v) is 3.66. The van der Waals surface area contributed by atoms with Crippen molar-refractivity contribution in [3.8, 4) is 5.75 Å². The van der Waals surface area contributed by atoms with E-state index >= 15 is 0 Å². The van der Waals surface area contributed by atoms with E-state index in [0.717, 1.165) is 22.1 Å². The number of ether oxygens (including phenoxy) is 1. The highest BCUT2D eigenvalue weighted by Crippen LogP contribution is 2.49. The van der Waals surface area contributed by atoms with Crippen LogP contribution in [0.3, 0.4) is 0 Å².